The highest BCUT2D eigenvalue weighted by Crippen LogP contribution is 2.53. The Labute approximate surface area is 191 Å². The first-order valence-corrected chi connectivity index (χ1v) is 12.7. The van der Waals surface area contributed by atoms with Crippen molar-refractivity contribution in [2.24, 2.45) is 11.3 Å². The van der Waals surface area contributed by atoms with Crippen molar-refractivity contribution in [3.05, 3.63) is 24.3 Å². The van der Waals surface area contributed by atoms with Gasteiger partial charge in [0.25, 0.3) is 5.91 Å². The van der Waals surface area contributed by atoms with E-state index in [2.05, 4.69) is 10.6 Å². The maximum Gasteiger partial charge on any atom is 0.306 e. The first-order valence-electron chi connectivity index (χ1n) is 11.5. The number of hydrogen-bond acceptors (Lipinski definition) is 6. The second-order valence-corrected chi connectivity index (χ2v) is 11.5. The van der Waals surface area contributed by atoms with Crippen LogP contribution in [-0.2, 0) is 20.4 Å². The van der Waals surface area contributed by atoms with E-state index in [-0.39, 0.29) is 17.4 Å². The maximum absolute atomic E-state index is 13.6. The number of aliphatic carboxylic acids is 1. The van der Waals surface area contributed by atoms with E-state index in [1.54, 1.807) is 17.6 Å². The lowest BCUT2D eigenvalue weighted by atomic mass is 9.77. The van der Waals surface area contributed by atoms with Gasteiger partial charge >= 0.3 is 5.97 Å². The summed E-state index contributed by atoms with van der Waals surface area (Å²) >= 11 is 0. The van der Waals surface area contributed by atoms with Crippen molar-refractivity contribution in [3.63, 3.8) is 0 Å². The average Bonchev–Trinajstić information content (AvgIpc) is 3.19. The molecule has 1 aromatic rings. The van der Waals surface area contributed by atoms with E-state index in [0.29, 0.717) is 30.6 Å². The van der Waals surface area contributed by atoms with Crippen LogP contribution in [0.1, 0.15) is 57.8 Å². The van der Waals surface area contributed by atoms with Crippen LogP contribution >= 0.6 is 0 Å². The van der Waals surface area contributed by atoms with Crippen LogP contribution in [0.2, 0.25) is 0 Å². The molecule has 0 radical (unpaired) electrons. The highest BCUT2D eigenvalue weighted by Gasteiger charge is 2.56. The largest absolute Gasteiger partial charge is 0.481 e. The summed E-state index contributed by atoms with van der Waals surface area (Å²) in [4.78, 5) is 24.5. The van der Waals surface area contributed by atoms with Crippen LogP contribution in [0.25, 0.3) is 0 Å². The molecule has 1 heterocycles. The number of amides is 1. The predicted octanol–water partition coefficient (Wildman–Crippen LogP) is 2.65. The fourth-order valence-corrected chi connectivity index (χ4v) is 7.57. The molecule has 2 atom stereocenters. The summed E-state index contributed by atoms with van der Waals surface area (Å²) < 4.78 is 12.5. The third-order valence-corrected chi connectivity index (χ3v) is 9.71. The molecule has 1 spiro atoms. The van der Waals surface area contributed by atoms with Crippen LogP contribution in [0.5, 0.6) is 0 Å². The fraction of sp³-hybridized carbons (Fsp3) is 0.652. The highest BCUT2D eigenvalue weighted by atomic mass is 32.2. The quantitative estimate of drug-likeness (QED) is 0.324. The number of carboxylic acid groups (broad SMARTS) is 1. The minimum absolute atomic E-state index is 0.00368. The van der Waals surface area contributed by atoms with Crippen molar-refractivity contribution in [1.29, 1.82) is 0 Å². The Morgan fingerprint density at radius 2 is 1.66 bits per heavy atom. The number of anilines is 1. The molecule has 5 N–H and O–H groups in total. The SMILES string of the molecule is O=C(O)C1CCC(Nc2ccc(S(=O)C3(C(=O)NO)CCC4(CCNCC4)C3)cc2)CC1. The Morgan fingerprint density at radius 3 is 2.25 bits per heavy atom. The van der Waals surface area contributed by atoms with Crippen molar-refractivity contribution in [2.45, 2.75) is 73.5 Å². The number of hydroxylamine groups is 1. The zero-order chi connectivity index (χ0) is 22.8. The number of hydrogen-bond donors (Lipinski definition) is 5. The van der Waals surface area contributed by atoms with Gasteiger partial charge in [-0.2, -0.15) is 0 Å². The number of rotatable bonds is 6. The second kappa shape index (κ2) is 9.49. The van der Waals surface area contributed by atoms with Crippen molar-refractivity contribution in [2.75, 3.05) is 18.4 Å². The molecule has 0 aromatic heterocycles. The summed E-state index contributed by atoms with van der Waals surface area (Å²) in [5.74, 6) is -1.51. The number of benzene rings is 1. The smallest absolute Gasteiger partial charge is 0.306 e. The molecule has 0 bridgehead atoms. The Hall–Kier alpha value is -1.97. The number of nitrogens with one attached hydrogen (secondary N) is 3. The first-order chi connectivity index (χ1) is 15.4. The fourth-order valence-electron chi connectivity index (χ4n) is 5.79. The maximum atomic E-state index is 13.6. The lowest BCUT2D eigenvalue weighted by molar-refractivity contribution is -0.142. The number of carbonyl (C=O) groups is 2. The molecule has 2 unspecified atom stereocenters. The number of carbonyl (C=O) groups excluding carboxylic acids is 1. The van der Waals surface area contributed by atoms with Gasteiger partial charge in [-0.15, -0.1) is 0 Å². The van der Waals surface area contributed by atoms with Crippen LogP contribution in [0.3, 0.4) is 0 Å². The second-order valence-electron chi connectivity index (χ2n) is 9.69. The lowest BCUT2D eigenvalue weighted by Gasteiger charge is -2.36. The van der Waals surface area contributed by atoms with Crippen molar-refractivity contribution in [3.8, 4) is 0 Å². The van der Waals surface area contributed by atoms with Gasteiger partial charge in [-0.3, -0.25) is 19.0 Å². The third-order valence-electron chi connectivity index (χ3n) is 7.77. The van der Waals surface area contributed by atoms with Crippen LogP contribution in [0, 0.1) is 11.3 Å². The molecule has 3 fully saturated rings. The van der Waals surface area contributed by atoms with Gasteiger partial charge in [0.05, 0.1) is 16.7 Å². The molecule has 1 saturated heterocycles. The molecule has 8 nitrogen and oxygen atoms in total. The molecule has 9 heteroatoms. The van der Waals surface area contributed by atoms with Crippen LogP contribution in [-0.4, -0.2) is 50.3 Å². The Bertz CT molecular complexity index is 863. The zero-order valence-corrected chi connectivity index (χ0v) is 19.1. The van der Waals surface area contributed by atoms with Gasteiger partial charge in [0.1, 0.15) is 4.75 Å². The van der Waals surface area contributed by atoms with E-state index >= 15 is 0 Å². The zero-order valence-electron chi connectivity index (χ0n) is 18.3. The molecule has 1 amide bonds. The monoisotopic (exact) mass is 463 g/mol. The van der Waals surface area contributed by atoms with Crippen LogP contribution in [0.4, 0.5) is 5.69 Å². The van der Waals surface area contributed by atoms with Gasteiger partial charge in [-0.25, -0.2) is 5.48 Å². The summed E-state index contributed by atoms with van der Waals surface area (Å²) in [5, 5.41) is 25.4. The molecule has 1 aliphatic heterocycles. The Kier molecular flexibility index (Phi) is 6.88. The lowest BCUT2D eigenvalue weighted by Crippen LogP contribution is -2.48. The minimum atomic E-state index is -1.59. The van der Waals surface area contributed by atoms with Gasteiger partial charge in [0.2, 0.25) is 0 Å². The van der Waals surface area contributed by atoms with Crippen molar-refractivity contribution >= 4 is 28.4 Å². The molecular weight excluding hydrogens is 430 g/mol. The van der Waals surface area contributed by atoms with Gasteiger partial charge in [0, 0.05) is 16.6 Å². The normalized spacial score (nSPS) is 30.5. The van der Waals surface area contributed by atoms with E-state index in [1.807, 2.05) is 12.1 Å². The molecule has 2 saturated carbocycles. The Balaban J connectivity index is 1.45. The molecule has 3 aliphatic rings. The summed E-state index contributed by atoms with van der Waals surface area (Å²) in [7, 11) is -1.59. The van der Waals surface area contributed by atoms with Gasteiger partial charge in [-0.1, -0.05) is 0 Å². The van der Waals surface area contributed by atoms with Gasteiger partial charge < -0.3 is 15.7 Å². The van der Waals surface area contributed by atoms with E-state index < -0.39 is 27.4 Å². The summed E-state index contributed by atoms with van der Waals surface area (Å²) in [6, 6.07) is 7.55. The number of piperidine rings is 1. The van der Waals surface area contributed by atoms with Gasteiger partial charge in [-0.05, 0) is 101 Å². The van der Waals surface area contributed by atoms with E-state index in [1.165, 1.54) is 0 Å². The Morgan fingerprint density at radius 1 is 1.00 bits per heavy atom. The summed E-state index contributed by atoms with van der Waals surface area (Å²) in [6.07, 6.45) is 6.73. The molecule has 4 rings (SSSR count). The first kappa shape index (κ1) is 23.2. The summed E-state index contributed by atoms with van der Waals surface area (Å²) in [5.41, 5.74) is 2.69. The highest BCUT2D eigenvalue weighted by molar-refractivity contribution is 7.87. The topological polar surface area (TPSA) is 128 Å². The van der Waals surface area contributed by atoms with Gasteiger partial charge in [0.15, 0.2) is 0 Å². The molecule has 2 aliphatic carbocycles. The predicted molar refractivity (Wildman–Crippen MR) is 121 cm³/mol. The van der Waals surface area contributed by atoms with E-state index in [4.69, 9.17) is 5.11 Å². The van der Waals surface area contributed by atoms with Crippen molar-refractivity contribution < 1.29 is 24.1 Å². The number of carboxylic acids is 1. The van der Waals surface area contributed by atoms with E-state index in [0.717, 1.165) is 50.9 Å². The molecule has 176 valence electrons. The summed E-state index contributed by atoms with van der Waals surface area (Å²) in [6.45, 7) is 1.80. The standard InChI is InChI=1S/C23H33N3O5S/c27-20(28)16-1-3-17(4-2-16)25-18-5-7-19(8-6-18)32(31)23(21(29)26-30)10-9-22(15-23)11-13-24-14-12-22/h5-8,16-17,24-25,30H,1-4,9-15H2,(H,26,29)(H,27,28). The molecular formula is C23H33N3O5S. The van der Waals surface area contributed by atoms with Crippen LogP contribution < -0.4 is 16.1 Å². The molecule has 32 heavy (non-hydrogen) atoms. The van der Waals surface area contributed by atoms with E-state index in [9.17, 15) is 19.0 Å². The van der Waals surface area contributed by atoms with Crippen molar-refractivity contribution in [1.82, 2.24) is 10.8 Å². The minimum Gasteiger partial charge on any atom is -0.481 e. The van der Waals surface area contributed by atoms with Crippen LogP contribution in [0.15, 0.2) is 29.2 Å². The third kappa shape index (κ3) is 4.56. The molecule has 1 aromatic carbocycles. The average molecular weight is 464 g/mol.